The Bertz CT molecular complexity index is 623. The molecule has 0 amide bonds. The molecule has 0 heterocycles. The molecule has 0 aliphatic heterocycles. The SMILES string of the molecule is CC1(C)[C@H]2CC[C@@]1(C)/C(=N\OC(=O)c1ccccc1Cl)C2. The van der Waals surface area contributed by atoms with Gasteiger partial charge >= 0.3 is 5.97 Å². The second-order valence-electron chi connectivity index (χ2n) is 6.89. The van der Waals surface area contributed by atoms with E-state index >= 15 is 0 Å². The molecule has 2 aliphatic rings. The Morgan fingerprint density at radius 2 is 2.05 bits per heavy atom. The van der Waals surface area contributed by atoms with Crippen LogP contribution in [0.25, 0.3) is 0 Å². The lowest BCUT2D eigenvalue weighted by Crippen LogP contribution is -2.32. The fourth-order valence-corrected chi connectivity index (χ4v) is 4.05. The molecule has 21 heavy (non-hydrogen) atoms. The summed E-state index contributed by atoms with van der Waals surface area (Å²) >= 11 is 6.00. The maximum Gasteiger partial charge on any atom is 0.367 e. The summed E-state index contributed by atoms with van der Waals surface area (Å²) in [6.07, 6.45) is 3.29. The van der Waals surface area contributed by atoms with Gasteiger partial charge in [-0.05, 0) is 42.7 Å². The predicted molar refractivity (Wildman–Crippen MR) is 83.5 cm³/mol. The molecule has 2 fully saturated rings. The molecule has 0 unspecified atom stereocenters. The number of hydrogen-bond donors (Lipinski definition) is 0. The number of fused-ring (bicyclic) bond motifs is 2. The fraction of sp³-hybridized carbons (Fsp3) is 0.529. The van der Waals surface area contributed by atoms with Crippen LogP contribution in [-0.4, -0.2) is 11.7 Å². The normalized spacial score (nSPS) is 31.6. The van der Waals surface area contributed by atoms with Gasteiger partial charge in [-0.1, -0.05) is 49.7 Å². The van der Waals surface area contributed by atoms with E-state index in [1.165, 1.54) is 6.42 Å². The van der Waals surface area contributed by atoms with Gasteiger partial charge in [-0.15, -0.1) is 0 Å². The minimum absolute atomic E-state index is 0.0401. The Morgan fingerprint density at radius 3 is 2.62 bits per heavy atom. The topological polar surface area (TPSA) is 38.7 Å². The van der Waals surface area contributed by atoms with E-state index in [1.54, 1.807) is 24.3 Å². The summed E-state index contributed by atoms with van der Waals surface area (Å²) in [6, 6.07) is 6.87. The molecular weight excluding hydrogens is 286 g/mol. The summed E-state index contributed by atoms with van der Waals surface area (Å²) in [5.41, 5.74) is 1.64. The molecule has 0 spiro atoms. The average molecular weight is 306 g/mol. The predicted octanol–water partition coefficient (Wildman–Crippen LogP) is 4.70. The van der Waals surface area contributed by atoms with E-state index in [4.69, 9.17) is 16.4 Å². The molecule has 2 aliphatic carbocycles. The third-order valence-corrected chi connectivity index (χ3v) is 6.17. The molecule has 0 radical (unpaired) electrons. The van der Waals surface area contributed by atoms with Gasteiger partial charge in [0.25, 0.3) is 0 Å². The van der Waals surface area contributed by atoms with Gasteiger partial charge in [-0.25, -0.2) is 4.79 Å². The maximum atomic E-state index is 12.1. The van der Waals surface area contributed by atoms with Crippen LogP contribution >= 0.6 is 11.6 Å². The number of carbonyl (C=O) groups is 1. The molecule has 2 atom stereocenters. The summed E-state index contributed by atoms with van der Waals surface area (Å²) < 4.78 is 0. The zero-order valence-corrected chi connectivity index (χ0v) is 13.4. The number of rotatable bonds is 2. The first-order valence-corrected chi connectivity index (χ1v) is 7.77. The van der Waals surface area contributed by atoms with E-state index in [1.807, 2.05) is 0 Å². The van der Waals surface area contributed by atoms with Gasteiger partial charge in [0, 0.05) is 5.41 Å². The van der Waals surface area contributed by atoms with Crippen LogP contribution in [0.4, 0.5) is 0 Å². The van der Waals surface area contributed by atoms with Gasteiger partial charge < -0.3 is 4.84 Å². The summed E-state index contributed by atoms with van der Waals surface area (Å²) in [5.74, 6) is 0.151. The van der Waals surface area contributed by atoms with Crippen LogP contribution in [-0.2, 0) is 4.84 Å². The van der Waals surface area contributed by atoms with Crippen molar-refractivity contribution in [3.8, 4) is 0 Å². The Hall–Kier alpha value is -1.35. The van der Waals surface area contributed by atoms with Crippen LogP contribution in [0.15, 0.2) is 29.4 Å². The monoisotopic (exact) mass is 305 g/mol. The number of halogens is 1. The molecule has 1 aromatic rings. The highest BCUT2D eigenvalue weighted by Crippen LogP contribution is 2.63. The van der Waals surface area contributed by atoms with E-state index in [0.29, 0.717) is 16.5 Å². The lowest BCUT2D eigenvalue weighted by molar-refractivity contribution is 0.0508. The van der Waals surface area contributed by atoms with Crippen molar-refractivity contribution in [1.82, 2.24) is 0 Å². The zero-order valence-electron chi connectivity index (χ0n) is 12.6. The molecule has 112 valence electrons. The summed E-state index contributed by atoms with van der Waals surface area (Å²) in [5, 5.41) is 4.59. The summed E-state index contributed by atoms with van der Waals surface area (Å²) in [6.45, 7) is 6.83. The highest BCUT2D eigenvalue weighted by Gasteiger charge is 2.60. The third-order valence-electron chi connectivity index (χ3n) is 5.84. The summed E-state index contributed by atoms with van der Waals surface area (Å²) in [4.78, 5) is 17.2. The number of nitrogens with zero attached hydrogens (tertiary/aromatic N) is 1. The molecule has 0 saturated heterocycles. The standard InChI is InChI=1S/C17H20ClNO2/c1-16(2)11-8-9-17(16,3)14(10-11)19-21-15(20)12-6-4-5-7-13(12)18/h4-7,11H,8-10H2,1-3H3/b19-14-/t11-,17-/m0/s1. The molecule has 2 saturated carbocycles. The Labute approximate surface area is 130 Å². The van der Waals surface area contributed by atoms with Crippen molar-refractivity contribution >= 4 is 23.3 Å². The molecule has 0 aromatic heterocycles. The van der Waals surface area contributed by atoms with Crippen LogP contribution in [0, 0.1) is 16.7 Å². The Kier molecular flexibility index (Phi) is 3.36. The van der Waals surface area contributed by atoms with Gasteiger partial charge in [0.1, 0.15) is 0 Å². The van der Waals surface area contributed by atoms with Gasteiger partial charge in [-0.3, -0.25) is 0 Å². The summed E-state index contributed by atoms with van der Waals surface area (Å²) in [7, 11) is 0. The Morgan fingerprint density at radius 1 is 1.33 bits per heavy atom. The second kappa shape index (κ2) is 4.84. The second-order valence-corrected chi connectivity index (χ2v) is 7.30. The lowest BCUT2D eigenvalue weighted by Gasteiger charge is -2.34. The highest BCUT2D eigenvalue weighted by molar-refractivity contribution is 6.33. The number of hydrogen-bond acceptors (Lipinski definition) is 3. The van der Waals surface area contributed by atoms with Crippen molar-refractivity contribution in [2.45, 2.75) is 40.0 Å². The number of benzene rings is 1. The first kappa shape index (κ1) is 14.6. The van der Waals surface area contributed by atoms with Crippen molar-refractivity contribution in [1.29, 1.82) is 0 Å². The minimum atomic E-state index is -0.489. The molecule has 0 N–H and O–H groups in total. The van der Waals surface area contributed by atoms with E-state index < -0.39 is 5.97 Å². The maximum absolute atomic E-state index is 12.1. The highest BCUT2D eigenvalue weighted by atomic mass is 35.5. The first-order valence-electron chi connectivity index (χ1n) is 7.39. The largest absolute Gasteiger partial charge is 0.367 e. The number of oxime groups is 1. The smallest absolute Gasteiger partial charge is 0.313 e. The van der Waals surface area contributed by atoms with Gasteiger partial charge in [0.2, 0.25) is 0 Å². The molecular formula is C17H20ClNO2. The van der Waals surface area contributed by atoms with Crippen molar-refractivity contribution in [2.24, 2.45) is 21.9 Å². The van der Waals surface area contributed by atoms with Gasteiger partial charge in [-0.2, -0.15) is 0 Å². The third kappa shape index (κ3) is 2.10. The molecule has 1 aromatic carbocycles. The van der Waals surface area contributed by atoms with E-state index in [0.717, 1.165) is 18.6 Å². The quantitative estimate of drug-likeness (QED) is 0.587. The van der Waals surface area contributed by atoms with Crippen LogP contribution < -0.4 is 0 Å². The van der Waals surface area contributed by atoms with Crippen molar-refractivity contribution in [2.75, 3.05) is 0 Å². The lowest BCUT2D eigenvalue weighted by atomic mass is 9.70. The minimum Gasteiger partial charge on any atom is -0.313 e. The first-order chi connectivity index (χ1) is 9.86. The number of carbonyl (C=O) groups excluding carboxylic acids is 1. The van der Waals surface area contributed by atoms with Gasteiger partial charge in [0.15, 0.2) is 0 Å². The molecule has 2 bridgehead atoms. The zero-order chi connectivity index (χ0) is 15.3. The van der Waals surface area contributed by atoms with Crippen LogP contribution in [0.2, 0.25) is 5.02 Å². The molecule has 3 rings (SSSR count). The van der Waals surface area contributed by atoms with E-state index in [-0.39, 0.29) is 10.8 Å². The van der Waals surface area contributed by atoms with E-state index in [2.05, 4.69) is 25.9 Å². The fourth-order valence-electron chi connectivity index (χ4n) is 3.84. The van der Waals surface area contributed by atoms with Gasteiger partial charge in [0.05, 0.1) is 16.3 Å². The van der Waals surface area contributed by atoms with Crippen LogP contribution in [0.5, 0.6) is 0 Å². The molecule has 3 nitrogen and oxygen atoms in total. The van der Waals surface area contributed by atoms with E-state index in [9.17, 15) is 4.79 Å². The van der Waals surface area contributed by atoms with Crippen molar-refractivity contribution < 1.29 is 9.63 Å². The van der Waals surface area contributed by atoms with Crippen molar-refractivity contribution in [3.63, 3.8) is 0 Å². The van der Waals surface area contributed by atoms with Crippen LogP contribution in [0.1, 0.15) is 50.4 Å². The Balaban J connectivity index is 1.79. The average Bonchev–Trinajstić information content (AvgIpc) is 2.78. The van der Waals surface area contributed by atoms with Crippen molar-refractivity contribution in [3.05, 3.63) is 34.9 Å². The molecule has 4 heteroatoms. The van der Waals surface area contributed by atoms with Crippen LogP contribution in [0.3, 0.4) is 0 Å².